The Morgan fingerprint density at radius 3 is 3.00 bits per heavy atom. The molecule has 4 rings (SSSR count). The molecule has 138 valence electrons. The Hall–Kier alpha value is -2.66. The van der Waals surface area contributed by atoms with Gasteiger partial charge in [-0.2, -0.15) is 0 Å². The predicted molar refractivity (Wildman–Crippen MR) is 103 cm³/mol. The highest BCUT2D eigenvalue weighted by atomic mass is 35.5. The largest absolute Gasteiger partial charge is 0.445 e. The first kappa shape index (κ1) is 17.7. The summed E-state index contributed by atoms with van der Waals surface area (Å²) in [7, 11) is 0. The molecule has 3 aromatic rings. The first-order valence-corrected chi connectivity index (χ1v) is 9.45. The van der Waals surface area contributed by atoms with Crippen molar-refractivity contribution >= 4 is 17.5 Å². The SMILES string of the molecule is O=C(c1cccnc1)N1CCCC(c2ncc(Cc3cccc(Cl)c3)o2)C1. The first-order chi connectivity index (χ1) is 13.2. The van der Waals surface area contributed by atoms with Crippen LogP contribution in [0.1, 0.15) is 46.3 Å². The van der Waals surface area contributed by atoms with E-state index >= 15 is 0 Å². The molecule has 6 heteroatoms. The van der Waals surface area contributed by atoms with Crippen LogP contribution in [0.2, 0.25) is 5.02 Å². The third-order valence-corrected chi connectivity index (χ3v) is 5.04. The van der Waals surface area contributed by atoms with Gasteiger partial charge in [-0.15, -0.1) is 0 Å². The predicted octanol–water partition coefficient (Wildman–Crippen LogP) is 4.33. The van der Waals surface area contributed by atoms with Gasteiger partial charge in [0.1, 0.15) is 5.76 Å². The van der Waals surface area contributed by atoms with Gasteiger partial charge in [0, 0.05) is 36.9 Å². The van der Waals surface area contributed by atoms with Crippen molar-refractivity contribution < 1.29 is 9.21 Å². The van der Waals surface area contributed by atoms with Gasteiger partial charge in [-0.1, -0.05) is 23.7 Å². The maximum Gasteiger partial charge on any atom is 0.255 e. The first-order valence-electron chi connectivity index (χ1n) is 9.07. The minimum absolute atomic E-state index is 0.0125. The zero-order chi connectivity index (χ0) is 18.6. The molecule has 0 radical (unpaired) electrons. The van der Waals surface area contributed by atoms with Gasteiger partial charge in [0.15, 0.2) is 5.89 Å². The van der Waals surface area contributed by atoms with Crippen LogP contribution in [0.3, 0.4) is 0 Å². The number of benzene rings is 1. The van der Waals surface area contributed by atoms with E-state index < -0.39 is 0 Å². The summed E-state index contributed by atoms with van der Waals surface area (Å²) in [5, 5.41) is 0.712. The van der Waals surface area contributed by atoms with Crippen molar-refractivity contribution in [2.75, 3.05) is 13.1 Å². The van der Waals surface area contributed by atoms with Crippen molar-refractivity contribution in [2.45, 2.75) is 25.2 Å². The lowest BCUT2D eigenvalue weighted by Crippen LogP contribution is -2.39. The summed E-state index contributed by atoms with van der Waals surface area (Å²) in [5.41, 5.74) is 1.70. The van der Waals surface area contributed by atoms with Gasteiger partial charge in [-0.25, -0.2) is 4.98 Å². The Morgan fingerprint density at radius 1 is 1.26 bits per heavy atom. The van der Waals surface area contributed by atoms with Crippen LogP contribution < -0.4 is 0 Å². The van der Waals surface area contributed by atoms with Crippen LogP contribution in [0.15, 0.2) is 59.4 Å². The van der Waals surface area contributed by atoms with Crippen molar-refractivity contribution in [2.24, 2.45) is 0 Å². The Labute approximate surface area is 163 Å². The summed E-state index contributed by atoms with van der Waals surface area (Å²) in [6.45, 7) is 1.37. The molecule has 0 spiro atoms. The van der Waals surface area contributed by atoms with E-state index in [1.54, 1.807) is 30.7 Å². The fourth-order valence-electron chi connectivity index (χ4n) is 3.48. The fraction of sp³-hybridized carbons (Fsp3) is 0.286. The minimum atomic E-state index is 0.0125. The van der Waals surface area contributed by atoms with Crippen molar-refractivity contribution in [3.63, 3.8) is 0 Å². The number of oxazole rings is 1. The minimum Gasteiger partial charge on any atom is -0.445 e. The number of hydrogen-bond donors (Lipinski definition) is 0. The molecule has 0 N–H and O–H groups in total. The molecule has 1 fully saturated rings. The average molecular weight is 382 g/mol. The molecule has 5 nitrogen and oxygen atoms in total. The van der Waals surface area contributed by atoms with E-state index in [1.807, 2.05) is 29.2 Å². The Kier molecular flexibility index (Phi) is 5.21. The summed E-state index contributed by atoms with van der Waals surface area (Å²) in [6, 6.07) is 11.3. The quantitative estimate of drug-likeness (QED) is 0.674. The van der Waals surface area contributed by atoms with Crippen LogP contribution in [-0.2, 0) is 6.42 Å². The summed E-state index contributed by atoms with van der Waals surface area (Å²) in [5.74, 6) is 1.64. The van der Waals surface area contributed by atoms with E-state index in [-0.39, 0.29) is 11.8 Å². The van der Waals surface area contributed by atoms with Crippen molar-refractivity contribution in [1.82, 2.24) is 14.9 Å². The second-order valence-electron chi connectivity index (χ2n) is 6.80. The van der Waals surface area contributed by atoms with Gasteiger partial charge in [0.2, 0.25) is 0 Å². The van der Waals surface area contributed by atoms with Crippen LogP contribution in [0, 0.1) is 0 Å². The molecule has 1 aromatic carbocycles. The summed E-state index contributed by atoms with van der Waals surface area (Å²) in [4.78, 5) is 23.1. The van der Waals surface area contributed by atoms with Crippen molar-refractivity contribution in [3.05, 3.63) is 82.8 Å². The number of carbonyl (C=O) groups excluding carboxylic acids is 1. The lowest BCUT2D eigenvalue weighted by atomic mass is 9.97. The van der Waals surface area contributed by atoms with Crippen LogP contribution in [-0.4, -0.2) is 33.9 Å². The smallest absolute Gasteiger partial charge is 0.255 e. The molecule has 0 saturated carbocycles. The lowest BCUT2D eigenvalue weighted by molar-refractivity contribution is 0.0697. The highest BCUT2D eigenvalue weighted by molar-refractivity contribution is 6.30. The molecule has 1 unspecified atom stereocenters. The van der Waals surface area contributed by atoms with Crippen LogP contribution in [0.5, 0.6) is 0 Å². The molecule has 3 heterocycles. The molecule has 1 saturated heterocycles. The number of carbonyl (C=O) groups is 1. The molecule has 27 heavy (non-hydrogen) atoms. The normalized spacial score (nSPS) is 17.1. The number of likely N-dealkylation sites (tertiary alicyclic amines) is 1. The maximum atomic E-state index is 12.7. The molecule has 1 amide bonds. The van der Waals surface area contributed by atoms with Gasteiger partial charge in [0.05, 0.1) is 17.7 Å². The Morgan fingerprint density at radius 2 is 2.19 bits per heavy atom. The number of nitrogens with zero attached hydrogens (tertiary/aromatic N) is 3. The topological polar surface area (TPSA) is 59.2 Å². The summed E-state index contributed by atoms with van der Waals surface area (Å²) in [6.07, 6.45) is 7.61. The number of piperidine rings is 1. The molecule has 0 bridgehead atoms. The van der Waals surface area contributed by atoms with Gasteiger partial charge in [-0.05, 0) is 42.7 Å². The molecular formula is C21H20ClN3O2. The second-order valence-corrected chi connectivity index (χ2v) is 7.24. The van der Waals surface area contributed by atoms with Gasteiger partial charge in [-0.3, -0.25) is 9.78 Å². The molecular weight excluding hydrogens is 362 g/mol. The number of aromatic nitrogens is 2. The van der Waals surface area contributed by atoms with Crippen LogP contribution in [0.25, 0.3) is 0 Å². The zero-order valence-electron chi connectivity index (χ0n) is 14.8. The number of halogens is 1. The molecule has 0 aliphatic carbocycles. The number of hydrogen-bond acceptors (Lipinski definition) is 4. The Bertz CT molecular complexity index is 926. The summed E-state index contributed by atoms with van der Waals surface area (Å²) >= 11 is 6.05. The molecule has 2 aromatic heterocycles. The van der Waals surface area contributed by atoms with Gasteiger partial charge >= 0.3 is 0 Å². The third kappa shape index (κ3) is 4.19. The van der Waals surface area contributed by atoms with E-state index in [2.05, 4.69) is 9.97 Å². The molecule has 1 aliphatic rings. The number of amides is 1. The Balaban J connectivity index is 1.44. The highest BCUT2D eigenvalue weighted by Gasteiger charge is 2.28. The second kappa shape index (κ2) is 7.92. The molecule has 1 aliphatic heterocycles. The number of rotatable bonds is 4. The zero-order valence-corrected chi connectivity index (χ0v) is 15.6. The maximum absolute atomic E-state index is 12.7. The standard InChI is InChI=1S/C21H20ClN3O2/c22-18-7-1-4-15(10-18)11-19-13-24-20(27-19)17-6-3-9-25(14-17)21(26)16-5-2-8-23-12-16/h1-2,4-5,7-8,10,12-13,17H,3,6,9,11,14H2. The van der Waals surface area contributed by atoms with Crippen molar-refractivity contribution in [3.8, 4) is 0 Å². The van der Waals surface area contributed by atoms with E-state index in [9.17, 15) is 4.79 Å². The van der Waals surface area contributed by atoms with E-state index in [1.165, 1.54) is 0 Å². The van der Waals surface area contributed by atoms with E-state index in [0.29, 0.717) is 29.4 Å². The fourth-order valence-corrected chi connectivity index (χ4v) is 3.69. The third-order valence-electron chi connectivity index (χ3n) is 4.81. The van der Waals surface area contributed by atoms with E-state index in [4.69, 9.17) is 16.0 Å². The van der Waals surface area contributed by atoms with Gasteiger partial charge < -0.3 is 9.32 Å². The highest BCUT2D eigenvalue weighted by Crippen LogP contribution is 2.28. The van der Waals surface area contributed by atoms with Gasteiger partial charge in [0.25, 0.3) is 5.91 Å². The average Bonchev–Trinajstić information content (AvgIpc) is 3.17. The monoisotopic (exact) mass is 381 g/mol. The van der Waals surface area contributed by atoms with E-state index in [0.717, 1.165) is 30.7 Å². The van der Waals surface area contributed by atoms with Crippen LogP contribution >= 0.6 is 11.6 Å². The van der Waals surface area contributed by atoms with Crippen molar-refractivity contribution in [1.29, 1.82) is 0 Å². The lowest BCUT2D eigenvalue weighted by Gasteiger charge is -2.31. The summed E-state index contributed by atoms with van der Waals surface area (Å²) < 4.78 is 6.00. The molecule has 1 atom stereocenters. The van der Waals surface area contributed by atoms with Crippen LogP contribution in [0.4, 0.5) is 0 Å². The number of pyridine rings is 1.